The van der Waals surface area contributed by atoms with Gasteiger partial charge in [-0.3, -0.25) is 9.59 Å². The summed E-state index contributed by atoms with van der Waals surface area (Å²) in [5.41, 5.74) is 0.406. The van der Waals surface area contributed by atoms with Gasteiger partial charge in [0.1, 0.15) is 0 Å². The van der Waals surface area contributed by atoms with Crippen LogP contribution in [0.3, 0.4) is 0 Å². The summed E-state index contributed by atoms with van der Waals surface area (Å²) in [6.45, 7) is 1.55. The molecule has 0 spiro atoms. The van der Waals surface area contributed by atoms with Crippen LogP contribution in [0.2, 0.25) is 0 Å². The van der Waals surface area contributed by atoms with Gasteiger partial charge in [0.25, 0.3) is 5.24 Å². The first-order valence-corrected chi connectivity index (χ1v) is 5.72. The molecule has 0 heterocycles. The zero-order valence-corrected chi connectivity index (χ0v) is 10.9. The predicted octanol–water partition coefficient (Wildman–Crippen LogP) is 3.64. The van der Waals surface area contributed by atoms with Crippen molar-refractivity contribution in [3.8, 4) is 0 Å². The van der Waals surface area contributed by atoms with Crippen molar-refractivity contribution in [2.75, 3.05) is 0 Å². The lowest BCUT2D eigenvalue weighted by atomic mass is 10.0. The Labute approximate surface area is 106 Å². The molecule has 0 amide bonds. The second kappa shape index (κ2) is 5.10. The van der Waals surface area contributed by atoms with Gasteiger partial charge >= 0.3 is 0 Å². The first-order valence-electron chi connectivity index (χ1n) is 4.11. The lowest BCUT2D eigenvalue weighted by Crippen LogP contribution is -2.14. The van der Waals surface area contributed by atoms with E-state index < -0.39 is 10.6 Å². The Hall–Kier alpha value is -0.380. The zero-order valence-electron chi connectivity index (χ0n) is 7.76. The molecule has 2 nitrogen and oxygen atoms in total. The topological polar surface area (TPSA) is 34.1 Å². The molecular weight excluding hydrogens is 303 g/mol. The Balaban J connectivity index is 3.35. The minimum Gasteiger partial charge on any atom is -0.292 e. The number of halogens is 3. The van der Waals surface area contributed by atoms with Crippen molar-refractivity contribution in [2.24, 2.45) is 0 Å². The van der Waals surface area contributed by atoms with E-state index in [-0.39, 0.29) is 16.9 Å². The van der Waals surface area contributed by atoms with E-state index in [0.29, 0.717) is 4.47 Å². The van der Waals surface area contributed by atoms with Crippen LogP contribution in [0.5, 0.6) is 0 Å². The molecule has 0 N–H and O–H groups in total. The van der Waals surface area contributed by atoms with Gasteiger partial charge in [0, 0.05) is 10.0 Å². The quantitative estimate of drug-likeness (QED) is 0.485. The van der Waals surface area contributed by atoms with Crippen LogP contribution in [-0.2, 0) is 0 Å². The van der Waals surface area contributed by atoms with Gasteiger partial charge in [-0.15, -0.1) is 11.6 Å². The molecule has 80 valence electrons. The molecule has 0 saturated carbocycles. The average molecular weight is 310 g/mol. The van der Waals surface area contributed by atoms with Crippen LogP contribution in [0, 0.1) is 0 Å². The maximum atomic E-state index is 11.7. The summed E-state index contributed by atoms with van der Waals surface area (Å²) in [5, 5.41) is -1.36. The Morgan fingerprint density at radius 3 is 2.47 bits per heavy atom. The summed E-state index contributed by atoms with van der Waals surface area (Å²) in [6, 6.07) is 4.83. The van der Waals surface area contributed by atoms with Gasteiger partial charge in [0.15, 0.2) is 5.78 Å². The third kappa shape index (κ3) is 2.80. The highest BCUT2D eigenvalue weighted by atomic mass is 79.9. The van der Waals surface area contributed by atoms with Gasteiger partial charge in [-0.05, 0) is 40.5 Å². The third-order valence-electron chi connectivity index (χ3n) is 1.84. The van der Waals surface area contributed by atoms with Crippen LogP contribution >= 0.6 is 39.1 Å². The summed E-state index contributed by atoms with van der Waals surface area (Å²) >= 11 is 14.2. The van der Waals surface area contributed by atoms with E-state index in [0.717, 1.165) is 0 Å². The minimum atomic E-state index is -0.686. The van der Waals surface area contributed by atoms with Crippen molar-refractivity contribution in [1.29, 1.82) is 0 Å². The highest BCUT2D eigenvalue weighted by Gasteiger charge is 2.21. The van der Waals surface area contributed by atoms with Crippen molar-refractivity contribution in [2.45, 2.75) is 12.3 Å². The standard InChI is InChI=1S/C10H7BrCl2O2/c1-5(12)9(14)6-3-2-4-7(11)8(6)10(13)15/h2-5H,1H3. The third-order valence-corrected chi connectivity index (χ3v) is 2.88. The molecule has 15 heavy (non-hydrogen) atoms. The predicted molar refractivity (Wildman–Crippen MR) is 64.0 cm³/mol. The van der Waals surface area contributed by atoms with Crippen LogP contribution < -0.4 is 0 Å². The Morgan fingerprint density at radius 1 is 1.40 bits per heavy atom. The Kier molecular flexibility index (Phi) is 4.32. The first-order chi connectivity index (χ1) is 6.95. The number of hydrogen-bond acceptors (Lipinski definition) is 2. The first kappa shape index (κ1) is 12.7. The highest BCUT2D eigenvalue weighted by molar-refractivity contribution is 9.10. The molecule has 5 heteroatoms. The summed E-state index contributed by atoms with van der Waals surface area (Å²) in [7, 11) is 0. The van der Waals surface area contributed by atoms with Gasteiger partial charge in [0.05, 0.1) is 10.9 Å². The number of Topliss-reactive ketones (excluding diaryl/α,β-unsaturated/α-hetero) is 1. The number of hydrogen-bond donors (Lipinski definition) is 0. The summed E-state index contributed by atoms with van der Waals surface area (Å²) in [4.78, 5) is 22.8. The molecule has 1 aromatic rings. The Bertz CT molecular complexity index is 416. The van der Waals surface area contributed by atoms with Crippen molar-refractivity contribution in [3.63, 3.8) is 0 Å². The Morgan fingerprint density at radius 2 is 2.00 bits per heavy atom. The maximum absolute atomic E-state index is 11.7. The number of ketones is 1. The SMILES string of the molecule is CC(Cl)C(=O)c1cccc(Br)c1C(=O)Cl. The number of benzene rings is 1. The highest BCUT2D eigenvalue weighted by Crippen LogP contribution is 2.24. The molecule has 0 bridgehead atoms. The van der Waals surface area contributed by atoms with Crippen LogP contribution in [-0.4, -0.2) is 16.4 Å². The van der Waals surface area contributed by atoms with Crippen molar-refractivity contribution in [1.82, 2.24) is 0 Å². The summed E-state index contributed by atoms with van der Waals surface area (Å²) in [6.07, 6.45) is 0. The second-order valence-electron chi connectivity index (χ2n) is 2.92. The van der Waals surface area contributed by atoms with E-state index in [2.05, 4.69) is 15.9 Å². The monoisotopic (exact) mass is 308 g/mol. The smallest absolute Gasteiger partial charge is 0.254 e. The van der Waals surface area contributed by atoms with E-state index in [1.54, 1.807) is 19.1 Å². The van der Waals surface area contributed by atoms with Crippen LogP contribution in [0.1, 0.15) is 27.6 Å². The maximum Gasteiger partial charge on any atom is 0.254 e. The normalized spacial score (nSPS) is 12.3. The number of alkyl halides is 1. The van der Waals surface area contributed by atoms with Gasteiger partial charge in [-0.2, -0.15) is 0 Å². The van der Waals surface area contributed by atoms with E-state index in [1.165, 1.54) is 6.07 Å². The average Bonchev–Trinajstić information content (AvgIpc) is 2.15. The van der Waals surface area contributed by atoms with E-state index >= 15 is 0 Å². The lowest BCUT2D eigenvalue weighted by molar-refractivity contribution is 0.0981. The molecule has 0 aliphatic carbocycles. The lowest BCUT2D eigenvalue weighted by Gasteiger charge is -2.08. The number of carbonyl (C=O) groups is 2. The molecule has 0 saturated heterocycles. The van der Waals surface area contributed by atoms with Gasteiger partial charge in [0.2, 0.25) is 0 Å². The van der Waals surface area contributed by atoms with Crippen molar-refractivity contribution < 1.29 is 9.59 Å². The van der Waals surface area contributed by atoms with Gasteiger partial charge in [-0.25, -0.2) is 0 Å². The molecule has 1 rings (SSSR count). The fourth-order valence-electron chi connectivity index (χ4n) is 1.14. The number of rotatable bonds is 3. The fourth-order valence-corrected chi connectivity index (χ4v) is 2.13. The minimum absolute atomic E-state index is 0.164. The summed E-state index contributed by atoms with van der Waals surface area (Å²) in [5.74, 6) is -0.318. The van der Waals surface area contributed by atoms with Crippen molar-refractivity contribution >= 4 is 50.2 Å². The fraction of sp³-hybridized carbons (Fsp3) is 0.200. The largest absolute Gasteiger partial charge is 0.292 e. The molecule has 0 aromatic heterocycles. The summed E-state index contributed by atoms with van der Waals surface area (Å²) < 4.78 is 0.491. The van der Waals surface area contributed by atoms with Gasteiger partial charge < -0.3 is 0 Å². The molecule has 1 unspecified atom stereocenters. The van der Waals surface area contributed by atoms with Crippen LogP contribution in [0.15, 0.2) is 22.7 Å². The zero-order chi connectivity index (χ0) is 11.6. The molecule has 1 aromatic carbocycles. The second-order valence-corrected chi connectivity index (χ2v) is 4.77. The van der Waals surface area contributed by atoms with Crippen LogP contribution in [0.4, 0.5) is 0 Å². The van der Waals surface area contributed by atoms with Crippen molar-refractivity contribution in [3.05, 3.63) is 33.8 Å². The molecule has 0 radical (unpaired) electrons. The molecule has 1 atom stereocenters. The number of carbonyl (C=O) groups excluding carboxylic acids is 2. The van der Waals surface area contributed by atoms with Crippen LogP contribution in [0.25, 0.3) is 0 Å². The molecular formula is C10H7BrCl2O2. The van der Waals surface area contributed by atoms with E-state index in [9.17, 15) is 9.59 Å². The molecule has 0 fully saturated rings. The van der Waals surface area contributed by atoms with Gasteiger partial charge in [-0.1, -0.05) is 12.1 Å². The van der Waals surface area contributed by atoms with E-state index in [4.69, 9.17) is 23.2 Å². The molecule has 0 aliphatic heterocycles. The van der Waals surface area contributed by atoms with E-state index in [1.807, 2.05) is 0 Å². The molecule has 0 aliphatic rings.